The van der Waals surface area contributed by atoms with Crippen molar-refractivity contribution >= 4 is 14.3 Å². The fourth-order valence-corrected chi connectivity index (χ4v) is 1.99. The summed E-state index contributed by atoms with van der Waals surface area (Å²) in [4.78, 5) is 11.3. The van der Waals surface area contributed by atoms with Gasteiger partial charge in [0.1, 0.15) is 5.75 Å². The lowest BCUT2D eigenvalue weighted by atomic mass is 10.2. The van der Waals surface area contributed by atoms with Crippen LogP contribution in [0.15, 0.2) is 24.3 Å². The van der Waals surface area contributed by atoms with Gasteiger partial charge in [0.2, 0.25) is 8.32 Å². The molecule has 0 saturated heterocycles. The topological polar surface area (TPSA) is 35.5 Å². The highest BCUT2D eigenvalue weighted by Crippen LogP contribution is 2.18. The molecule has 82 valence electrons. The molecular weight excluding hydrogens is 208 g/mol. The standard InChI is InChI=1S/C11H16O3Si/c1-13-11(12)9-6-5-7-10(8-9)14-15(2,3)4/h5-8H,1-4H3. The number of rotatable bonds is 3. The van der Waals surface area contributed by atoms with Gasteiger partial charge in [0.15, 0.2) is 0 Å². The van der Waals surface area contributed by atoms with Crippen molar-refractivity contribution < 1.29 is 14.0 Å². The summed E-state index contributed by atoms with van der Waals surface area (Å²) < 4.78 is 10.4. The molecule has 4 heteroatoms. The van der Waals surface area contributed by atoms with Crippen LogP contribution in [0.2, 0.25) is 19.6 Å². The van der Waals surface area contributed by atoms with Crippen LogP contribution in [0.4, 0.5) is 0 Å². The lowest BCUT2D eigenvalue weighted by molar-refractivity contribution is 0.0600. The van der Waals surface area contributed by atoms with Crippen LogP contribution in [-0.4, -0.2) is 21.4 Å². The summed E-state index contributed by atoms with van der Waals surface area (Å²) in [5, 5.41) is 0. The largest absolute Gasteiger partial charge is 0.544 e. The van der Waals surface area contributed by atoms with E-state index < -0.39 is 8.32 Å². The molecule has 1 rings (SSSR count). The summed E-state index contributed by atoms with van der Waals surface area (Å²) in [5.41, 5.74) is 0.522. The number of methoxy groups -OCH3 is 1. The van der Waals surface area contributed by atoms with Crippen molar-refractivity contribution in [1.29, 1.82) is 0 Å². The Kier molecular flexibility index (Phi) is 3.52. The zero-order valence-electron chi connectivity index (χ0n) is 9.53. The van der Waals surface area contributed by atoms with Gasteiger partial charge in [0, 0.05) is 0 Å². The normalized spacial score (nSPS) is 10.9. The maximum absolute atomic E-state index is 11.3. The van der Waals surface area contributed by atoms with E-state index in [1.54, 1.807) is 18.2 Å². The molecule has 0 N–H and O–H groups in total. The summed E-state index contributed by atoms with van der Waals surface area (Å²) in [5.74, 6) is 0.396. The number of ether oxygens (including phenoxy) is 1. The molecule has 0 fully saturated rings. The minimum absolute atomic E-state index is 0.337. The highest BCUT2D eigenvalue weighted by Gasteiger charge is 2.16. The van der Waals surface area contributed by atoms with Crippen molar-refractivity contribution in [3.8, 4) is 5.75 Å². The average molecular weight is 224 g/mol. The minimum Gasteiger partial charge on any atom is -0.544 e. The van der Waals surface area contributed by atoms with Gasteiger partial charge in [0.05, 0.1) is 12.7 Å². The minimum atomic E-state index is -1.62. The van der Waals surface area contributed by atoms with E-state index in [9.17, 15) is 4.79 Å². The Bertz CT molecular complexity index is 355. The first kappa shape index (κ1) is 11.8. The van der Waals surface area contributed by atoms with Gasteiger partial charge in [-0.05, 0) is 37.8 Å². The summed E-state index contributed by atoms with van der Waals surface area (Å²) in [7, 11) is -0.249. The van der Waals surface area contributed by atoms with E-state index in [0.29, 0.717) is 5.56 Å². The molecule has 0 heterocycles. The van der Waals surface area contributed by atoms with Crippen molar-refractivity contribution in [2.75, 3.05) is 7.11 Å². The van der Waals surface area contributed by atoms with E-state index in [4.69, 9.17) is 4.43 Å². The summed E-state index contributed by atoms with van der Waals surface area (Å²) >= 11 is 0. The quantitative estimate of drug-likeness (QED) is 0.585. The third-order valence-corrected chi connectivity index (χ3v) is 2.53. The molecule has 0 unspecified atom stereocenters. The molecule has 0 aliphatic rings. The van der Waals surface area contributed by atoms with E-state index in [2.05, 4.69) is 24.4 Å². The van der Waals surface area contributed by atoms with Crippen LogP contribution in [0.5, 0.6) is 5.75 Å². The Hall–Kier alpha value is -1.29. The van der Waals surface area contributed by atoms with Gasteiger partial charge in [-0.2, -0.15) is 0 Å². The molecule has 0 atom stereocenters. The SMILES string of the molecule is COC(=O)c1cccc(O[Si](C)(C)C)c1. The van der Waals surface area contributed by atoms with Gasteiger partial charge < -0.3 is 9.16 Å². The first-order valence-electron chi connectivity index (χ1n) is 4.80. The molecule has 0 amide bonds. The van der Waals surface area contributed by atoms with E-state index in [-0.39, 0.29) is 5.97 Å². The van der Waals surface area contributed by atoms with E-state index >= 15 is 0 Å². The monoisotopic (exact) mass is 224 g/mol. The van der Waals surface area contributed by atoms with Gasteiger partial charge in [0.25, 0.3) is 0 Å². The van der Waals surface area contributed by atoms with Crippen molar-refractivity contribution in [3.05, 3.63) is 29.8 Å². The van der Waals surface area contributed by atoms with Crippen molar-refractivity contribution in [2.45, 2.75) is 19.6 Å². The van der Waals surface area contributed by atoms with Crippen molar-refractivity contribution in [2.24, 2.45) is 0 Å². The number of hydrogen-bond donors (Lipinski definition) is 0. The molecule has 15 heavy (non-hydrogen) atoms. The predicted molar refractivity (Wildman–Crippen MR) is 61.8 cm³/mol. The molecule has 0 aromatic heterocycles. The highest BCUT2D eigenvalue weighted by atomic mass is 28.4. The smallest absolute Gasteiger partial charge is 0.337 e. The molecule has 0 saturated carbocycles. The second kappa shape index (κ2) is 4.48. The lowest BCUT2D eigenvalue weighted by Gasteiger charge is -2.19. The Morgan fingerprint density at radius 1 is 1.27 bits per heavy atom. The molecule has 3 nitrogen and oxygen atoms in total. The van der Waals surface area contributed by atoms with Crippen LogP contribution in [-0.2, 0) is 4.74 Å². The molecule has 1 aromatic rings. The van der Waals surface area contributed by atoms with Crippen LogP contribution >= 0.6 is 0 Å². The predicted octanol–water partition coefficient (Wildman–Crippen LogP) is 2.69. The summed E-state index contributed by atoms with van der Waals surface area (Å²) in [6.07, 6.45) is 0. The third kappa shape index (κ3) is 3.75. The van der Waals surface area contributed by atoms with Gasteiger partial charge in [-0.15, -0.1) is 0 Å². The lowest BCUT2D eigenvalue weighted by Crippen LogP contribution is -2.29. The maximum atomic E-state index is 11.3. The zero-order valence-corrected chi connectivity index (χ0v) is 10.5. The maximum Gasteiger partial charge on any atom is 0.337 e. The fraction of sp³-hybridized carbons (Fsp3) is 0.364. The van der Waals surface area contributed by atoms with Crippen LogP contribution in [0.3, 0.4) is 0 Å². The third-order valence-electron chi connectivity index (χ3n) is 1.68. The number of hydrogen-bond acceptors (Lipinski definition) is 3. The van der Waals surface area contributed by atoms with Gasteiger partial charge in [-0.3, -0.25) is 0 Å². The Morgan fingerprint density at radius 2 is 1.93 bits per heavy atom. The molecular formula is C11H16O3Si. The second-order valence-corrected chi connectivity index (χ2v) is 8.66. The number of carbonyl (C=O) groups is 1. The van der Waals surface area contributed by atoms with Crippen molar-refractivity contribution in [1.82, 2.24) is 0 Å². The fourth-order valence-electron chi connectivity index (χ4n) is 1.16. The van der Waals surface area contributed by atoms with Gasteiger partial charge in [-0.1, -0.05) is 6.07 Å². The summed E-state index contributed by atoms with van der Waals surface area (Å²) in [6.45, 7) is 6.29. The number of benzene rings is 1. The molecule has 1 aromatic carbocycles. The zero-order chi connectivity index (χ0) is 11.5. The Labute approximate surface area is 91.1 Å². The van der Waals surface area contributed by atoms with Crippen molar-refractivity contribution in [3.63, 3.8) is 0 Å². The van der Waals surface area contributed by atoms with E-state index in [1.807, 2.05) is 6.07 Å². The molecule has 0 bridgehead atoms. The van der Waals surface area contributed by atoms with Gasteiger partial charge >= 0.3 is 5.97 Å². The van der Waals surface area contributed by atoms with Crippen LogP contribution in [0.1, 0.15) is 10.4 Å². The highest BCUT2D eigenvalue weighted by molar-refractivity contribution is 6.70. The molecule has 0 radical (unpaired) electrons. The number of carbonyl (C=O) groups excluding carboxylic acids is 1. The first-order valence-corrected chi connectivity index (χ1v) is 8.20. The van der Waals surface area contributed by atoms with Crippen LogP contribution in [0, 0.1) is 0 Å². The Balaban J connectivity index is 2.88. The second-order valence-electron chi connectivity index (χ2n) is 4.23. The van der Waals surface area contributed by atoms with Gasteiger partial charge in [-0.25, -0.2) is 4.79 Å². The summed E-state index contributed by atoms with van der Waals surface area (Å²) in [6, 6.07) is 7.07. The molecule has 0 aliphatic carbocycles. The van der Waals surface area contributed by atoms with E-state index in [1.165, 1.54) is 7.11 Å². The first-order chi connectivity index (χ1) is 6.92. The number of esters is 1. The van der Waals surface area contributed by atoms with Crippen LogP contribution in [0.25, 0.3) is 0 Å². The molecule has 0 spiro atoms. The average Bonchev–Trinajstić information content (AvgIpc) is 2.14. The Morgan fingerprint density at radius 3 is 2.47 bits per heavy atom. The van der Waals surface area contributed by atoms with Crippen LogP contribution < -0.4 is 4.43 Å². The molecule has 0 aliphatic heterocycles. The van der Waals surface area contributed by atoms with E-state index in [0.717, 1.165) is 5.75 Å².